The van der Waals surface area contributed by atoms with Crippen molar-refractivity contribution in [2.24, 2.45) is 5.73 Å². The van der Waals surface area contributed by atoms with Crippen LogP contribution in [0.1, 0.15) is 23.2 Å². The largest absolute Gasteiger partial charge is 0.505 e. The highest BCUT2D eigenvalue weighted by Crippen LogP contribution is 2.24. The van der Waals surface area contributed by atoms with Crippen LogP contribution in [0.5, 0.6) is 5.75 Å². The zero-order valence-electron chi connectivity index (χ0n) is 11.0. The molecule has 1 aliphatic rings. The van der Waals surface area contributed by atoms with E-state index in [1.54, 1.807) is 12.0 Å². The van der Waals surface area contributed by atoms with Gasteiger partial charge in [-0.3, -0.25) is 9.78 Å². The molecule has 1 aliphatic heterocycles. The van der Waals surface area contributed by atoms with Gasteiger partial charge in [0.1, 0.15) is 5.75 Å². The highest BCUT2D eigenvalue weighted by atomic mass is 16.5. The summed E-state index contributed by atoms with van der Waals surface area (Å²) in [5.41, 5.74) is 6.01. The Morgan fingerprint density at radius 2 is 2.47 bits per heavy atom. The van der Waals surface area contributed by atoms with E-state index in [4.69, 9.17) is 10.5 Å². The van der Waals surface area contributed by atoms with Crippen LogP contribution >= 0.6 is 0 Å². The number of pyridine rings is 1. The fourth-order valence-corrected chi connectivity index (χ4v) is 2.44. The Labute approximate surface area is 112 Å². The van der Waals surface area contributed by atoms with E-state index in [1.165, 1.54) is 18.5 Å². The summed E-state index contributed by atoms with van der Waals surface area (Å²) in [4.78, 5) is 17.9. The maximum atomic E-state index is 12.4. The number of nitrogens with two attached hydrogens (primary N) is 1. The van der Waals surface area contributed by atoms with Crippen LogP contribution < -0.4 is 5.73 Å². The van der Waals surface area contributed by atoms with Crippen molar-refractivity contribution in [3.63, 3.8) is 0 Å². The highest BCUT2D eigenvalue weighted by molar-refractivity contribution is 5.96. The van der Waals surface area contributed by atoms with Gasteiger partial charge in [0.15, 0.2) is 0 Å². The Kier molecular flexibility index (Phi) is 4.34. The molecule has 1 amide bonds. The molecule has 0 bridgehead atoms. The zero-order valence-corrected chi connectivity index (χ0v) is 11.0. The van der Waals surface area contributed by atoms with Crippen molar-refractivity contribution in [1.82, 2.24) is 9.88 Å². The van der Waals surface area contributed by atoms with Crippen LogP contribution in [-0.4, -0.2) is 53.2 Å². The number of aromatic hydroxyl groups is 1. The lowest BCUT2D eigenvalue weighted by atomic mass is 9.98. The lowest BCUT2D eigenvalue weighted by molar-refractivity contribution is 0.0138. The van der Waals surface area contributed by atoms with Crippen LogP contribution in [0.25, 0.3) is 0 Å². The van der Waals surface area contributed by atoms with Gasteiger partial charge in [0.25, 0.3) is 5.91 Å². The standard InChI is InChI=1S/C13H19N3O3/c1-19-10-3-5-16(9(6-10)7-14)13(18)11-2-4-15-8-12(11)17/h2,4,8-10,17H,3,5-7,14H2,1H3. The number of likely N-dealkylation sites (tertiary alicyclic amines) is 1. The average molecular weight is 265 g/mol. The van der Waals surface area contributed by atoms with E-state index >= 15 is 0 Å². The molecule has 2 rings (SSSR count). The van der Waals surface area contributed by atoms with Crippen molar-refractivity contribution < 1.29 is 14.6 Å². The van der Waals surface area contributed by atoms with Gasteiger partial charge >= 0.3 is 0 Å². The molecular formula is C13H19N3O3. The first-order chi connectivity index (χ1) is 9.17. The van der Waals surface area contributed by atoms with Crippen LogP contribution in [0.3, 0.4) is 0 Å². The van der Waals surface area contributed by atoms with Crippen molar-refractivity contribution in [3.05, 3.63) is 24.0 Å². The molecule has 2 atom stereocenters. The molecule has 104 valence electrons. The van der Waals surface area contributed by atoms with E-state index in [0.717, 1.165) is 12.8 Å². The Morgan fingerprint density at radius 3 is 3.11 bits per heavy atom. The van der Waals surface area contributed by atoms with Crippen LogP contribution in [0.2, 0.25) is 0 Å². The van der Waals surface area contributed by atoms with Gasteiger partial charge in [-0.25, -0.2) is 0 Å². The van der Waals surface area contributed by atoms with Gasteiger partial charge in [-0.15, -0.1) is 0 Å². The number of carbonyl (C=O) groups is 1. The smallest absolute Gasteiger partial charge is 0.258 e. The lowest BCUT2D eigenvalue weighted by Crippen LogP contribution is -2.51. The molecular weight excluding hydrogens is 246 g/mol. The minimum atomic E-state index is -0.204. The fourth-order valence-electron chi connectivity index (χ4n) is 2.44. The van der Waals surface area contributed by atoms with E-state index in [9.17, 15) is 9.90 Å². The molecule has 0 saturated carbocycles. The van der Waals surface area contributed by atoms with Crippen LogP contribution in [-0.2, 0) is 4.74 Å². The SMILES string of the molecule is COC1CCN(C(=O)c2ccncc2O)C(CN)C1. The van der Waals surface area contributed by atoms with Crippen molar-refractivity contribution in [2.75, 3.05) is 20.2 Å². The predicted octanol–water partition coefficient (Wildman–Crippen LogP) is 0.366. The third kappa shape index (κ3) is 2.85. The molecule has 19 heavy (non-hydrogen) atoms. The number of nitrogens with zero attached hydrogens (tertiary/aromatic N) is 2. The summed E-state index contributed by atoms with van der Waals surface area (Å²) in [5.74, 6) is -0.304. The van der Waals surface area contributed by atoms with Gasteiger partial charge in [0, 0.05) is 32.4 Å². The number of piperidine rings is 1. The molecule has 0 aliphatic carbocycles. The minimum Gasteiger partial charge on any atom is -0.505 e. The average Bonchev–Trinajstić information content (AvgIpc) is 2.46. The second-order valence-electron chi connectivity index (χ2n) is 4.66. The molecule has 0 aromatic carbocycles. The Balaban J connectivity index is 2.17. The van der Waals surface area contributed by atoms with E-state index < -0.39 is 0 Å². The number of methoxy groups -OCH3 is 1. The molecule has 0 radical (unpaired) electrons. The summed E-state index contributed by atoms with van der Waals surface area (Å²) in [5, 5.41) is 9.70. The van der Waals surface area contributed by atoms with Crippen LogP contribution in [0.4, 0.5) is 0 Å². The van der Waals surface area contributed by atoms with Gasteiger partial charge in [0.2, 0.25) is 0 Å². The number of ether oxygens (including phenoxy) is 1. The second-order valence-corrected chi connectivity index (χ2v) is 4.66. The predicted molar refractivity (Wildman–Crippen MR) is 69.8 cm³/mol. The third-order valence-corrected chi connectivity index (χ3v) is 3.56. The first-order valence-electron chi connectivity index (χ1n) is 6.34. The number of rotatable bonds is 3. The Bertz CT molecular complexity index is 453. The summed E-state index contributed by atoms with van der Waals surface area (Å²) in [6, 6.07) is 1.46. The van der Waals surface area contributed by atoms with Crippen LogP contribution in [0, 0.1) is 0 Å². The number of aromatic nitrogens is 1. The minimum absolute atomic E-state index is 0.0567. The molecule has 3 N–H and O–H groups in total. The molecule has 1 fully saturated rings. The fraction of sp³-hybridized carbons (Fsp3) is 0.538. The summed E-state index contributed by atoms with van der Waals surface area (Å²) in [6.07, 6.45) is 4.41. The summed E-state index contributed by atoms with van der Waals surface area (Å²) in [7, 11) is 1.67. The van der Waals surface area contributed by atoms with E-state index in [1.807, 2.05) is 0 Å². The van der Waals surface area contributed by atoms with Crippen LogP contribution in [0.15, 0.2) is 18.5 Å². The van der Waals surface area contributed by atoms with E-state index in [2.05, 4.69) is 4.98 Å². The zero-order chi connectivity index (χ0) is 13.8. The Hall–Kier alpha value is -1.66. The second kappa shape index (κ2) is 5.99. The highest BCUT2D eigenvalue weighted by Gasteiger charge is 2.32. The molecule has 1 aromatic rings. The van der Waals surface area contributed by atoms with E-state index in [0.29, 0.717) is 13.1 Å². The molecule has 0 spiro atoms. The van der Waals surface area contributed by atoms with Crippen molar-refractivity contribution in [3.8, 4) is 5.75 Å². The first-order valence-corrected chi connectivity index (χ1v) is 6.34. The number of carbonyl (C=O) groups excluding carboxylic acids is 1. The Morgan fingerprint density at radius 1 is 1.68 bits per heavy atom. The molecule has 1 aromatic heterocycles. The molecule has 2 unspecified atom stereocenters. The monoisotopic (exact) mass is 265 g/mol. The van der Waals surface area contributed by atoms with Crippen molar-refractivity contribution >= 4 is 5.91 Å². The van der Waals surface area contributed by atoms with Crippen molar-refractivity contribution in [1.29, 1.82) is 0 Å². The van der Waals surface area contributed by atoms with E-state index in [-0.39, 0.29) is 29.4 Å². The topological polar surface area (TPSA) is 88.7 Å². The molecule has 2 heterocycles. The van der Waals surface area contributed by atoms with Gasteiger partial charge in [0.05, 0.1) is 17.9 Å². The lowest BCUT2D eigenvalue weighted by Gasteiger charge is -2.38. The summed E-state index contributed by atoms with van der Waals surface area (Å²) in [6.45, 7) is 0.971. The molecule has 6 heteroatoms. The first kappa shape index (κ1) is 13.8. The molecule has 1 saturated heterocycles. The third-order valence-electron chi connectivity index (χ3n) is 3.56. The normalized spacial score (nSPS) is 23.4. The maximum Gasteiger partial charge on any atom is 0.258 e. The number of hydrogen-bond acceptors (Lipinski definition) is 5. The summed E-state index contributed by atoms with van der Waals surface area (Å²) < 4.78 is 5.33. The quantitative estimate of drug-likeness (QED) is 0.824. The van der Waals surface area contributed by atoms with Gasteiger partial charge < -0.3 is 20.5 Å². The number of hydrogen-bond donors (Lipinski definition) is 2. The number of amides is 1. The van der Waals surface area contributed by atoms with Gasteiger partial charge in [-0.1, -0.05) is 0 Å². The van der Waals surface area contributed by atoms with Gasteiger partial charge in [-0.2, -0.15) is 0 Å². The van der Waals surface area contributed by atoms with Gasteiger partial charge in [-0.05, 0) is 18.9 Å². The van der Waals surface area contributed by atoms with Crippen molar-refractivity contribution in [2.45, 2.75) is 25.0 Å². The molecule has 6 nitrogen and oxygen atoms in total. The summed E-state index contributed by atoms with van der Waals surface area (Å²) >= 11 is 0. The maximum absolute atomic E-state index is 12.4.